The number of hydrogen-bond acceptors (Lipinski definition) is 6. The number of benzene rings is 3. The predicted octanol–water partition coefficient (Wildman–Crippen LogP) is 3.48. The number of rotatable bonds is 12. The van der Waals surface area contributed by atoms with Gasteiger partial charge in [-0.15, -0.1) is 0 Å². The monoisotopic (exact) mass is 484 g/mol. The number of nitrogens with one attached hydrogen (secondary N) is 1. The molecule has 3 rings (SSSR count). The third-order valence-electron chi connectivity index (χ3n) is 4.80. The van der Waals surface area contributed by atoms with E-state index in [1.165, 1.54) is 12.1 Å². The first-order valence-electron chi connectivity index (χ1n) is 10.8. The van der Waals surface area contributed by atoms with Gasteiger partial charge in [0.2, 0.25) is 5.91 Å². The van der Waals surface area contributed by atoms with Crippen LogP contribution in [0.4, 0.5) is 5.69 Å². The Hall–Kier alpha value is -3.72. The Morgan fingerprint density at radius 3 is 2.15 bits per heavy atom. The van der Waals surface area contributed by atoms with Gasteiger partial charge in [0.05, 0.1) is 30.8 Å². The summed E-state index contributed by atoms with van der Waals surface area (Å²) in [7, 11) is -2.48. The van der Waals surface area contributed by atoms with E-state index in [2.05, 4.69) is 5.32 Å². The van der Waals surface area contributed by atoms with Crippen LogP contribution in [0.3, 0.4) is 0 Å². The fourth-order valence-corrected chi connectivity index (χ4v) is 4.69. The molecule has 0 fully saturated rings. The quantitative estimate of drug-likeness (QED) is 0.396. The molecule has 34 heavy (non-hydrogen) atoms. The number of hydrogen-bond donors (Lipinski definition) is 1. The minimum Gasteiger partial charge on any atom is -0.493 e. The Labute approximate surface area is 200 Å². The second kappa shape index (κ2) is 11.9. The highest BCUT2D eigenvalue weighted by molar-refractivity contribution is 7.92. The van der Waals surface area contributed by atoms with E-state index >= 15 is 0 Å². The van der Waals surface area contributed by atoms with Gasteiger partial charge in [0.1, 0.15) is 18.9 Å². The summed E-state index contributed by atoms with van der Waals surface area (Å²) in [4.78, 5) is 12.8. The van der Waals surface area contributed by atoms with Gasteiger partial charge in [0.15, 0.2) is 11.5 Å². The van der Waals surface area contributed by atoms with Crippen molar-refractivity contribution >= 4 is 21.6 Å². The Morgan fingerprint density at radius 1 is 0.853 bits per heavy atom. The lowest BCUT2D eigenvalue weighted by atomic mass is 10.3. The number of ether oxygens (including phenoxy) is 3. The summed E-state index contributed by atoms with van der Waals surface area (Å²) < 4.78 is 44.5. The second-order valence-electron chi connectivity index (χ2n) is 7.07. The van der Waals surface area contributed by atoms with Crippen LogP contribution in [0.5, 0.6) is 17.2 Å². The number of amides is 1. The molecule has 0 radical (unpaired) electrons. The molecule has 3 aromatic carbocycles. The summed E-state index contributed by atoms with van der Waals surface area (Å²) in [5.41, 5.74) is 0.286. The number of para-hydroxylation sites is 4. The van der Waals surface area contributed by atoms with Crippen molar-refractivity contribution in [2.75, 3.05) is 37.7 Å². The van der Waals surface area contributed by atoms with E-state index in [1.807, 2.05) is 12.1 Å². The third kappa shape index (κ3) is 6.20. The summed E-state index contributed by atoms with van der Waals surface area (Å²) in [6.07, 6.45) is 0. The van der Waals surface area contributed by atoms with Crippen molar-refractivity contribution in [2.24, 2.45) is 0 Å². The van der Waals surface area contributed by atoms with Crippen molar-refractivity contribution in [3.63, 3.8) is 0 Å². The number of nitrogens with zero attached hydrogens (tertiary/aromatic N) is 1. The average Bonchev–Trinajstić information content (AvgIpc) is 2.86. The number of methoxy groups -OCH3 is 1. The van der Waals surface area contributed by atoms with E-state index in [9.17, 15) is 13.2 Å². The van der Waals surface area contributed by atoms with Crippen molar-refractivity contribution in [1.82, 2.24) is 5.32 Å². The van der Waals surface area contributed by atoms with Gasteiger partial charge in [-0.3, -0.25) is 9.10 Å². The van der Waals surface area contributed by atoms with Crippen LogP contribution in [-0.4, -0.2) is 47.7 Å². The number of anilines is 1. The summed E-state index contributed by atoms with van der Waals surface area (Å²) in [6, 6.07) is 21.9. The predicted molar refractivity (Wildman–Crippen MR) is 130 cm³/mol. The van der Waals surface area contributed by atoms with Crippen molar-refractivity contribution in [2.45, 2.75) is 11.8 Å². The lowest BCUT2D eigenvalue weighted by molar-refractivity contribution is -0.119. The SMILES string of the molecule is CCOc1ccccc1N(CC(=O)NCCOc1ccccc1OC)S(=O)(=O)c1ccccc1. The van der Waals surface area contributed by atoms with E-state index in [0.29, 0.717) is 23.9 Å². The van der Waals surface area contributed by atoms with Crippen LogP contribution in [-0.2, 0) is 14.8 Å². The Balaban J connectivity index is 1.75. The van der Waals surface area contributed by atoms with Crippen molar-refractivity contribution in [3.8, 4) is 17.2 Å². The van der Waals surface area contributed by atoms with Crippen LogP contribution in [0.1, 0.15) is 6.92 Å². The lowest BCUT2D eigenvalue weighted by Gasteiger charge is -2.26. The molecule has 180 valence electrons. The highest BCUT2D eigenvalue weighted by atomic mass is 32.2. The molecule has 0 heterocycles. The minimum atomic E-state index is -4.03. The smallest absolute Gasteiger partial charge is 0.264 e. The summed E-state index contributed by atoms with van der Waals surface area (Å²) >= 11 is 0. The largest absolute Gasteiger partial charge is 0.493 e. The maximum atomic E-state index is 13.5. The molecule has 8 nitrogen and oxygen atoms in total. The molecular formula is C25H28N2O6S. The highest BCUT2D eigenvalue weighted by Crippen LogP contribution is 2.32. The number of carbonyl (C=O) groups excluding carboxylic acids is 1. The maximum absolute atomic E-state index is 13.5. The van der Waals surface area contributed by atoms with E-state index in [1.54, 1.807) is 68.6 Å². The molecule has 9 heteroatoms. The molecular weight excluding hydrogens is 456 g/mol. The van der Waals surface area contributed by atoms with Gasteiger partial charge in [-0.1, -0.05) is 42.5 Å². The maximum Gasteiger partial charge on any atom is 0.264 e. The van der Waals surface area contributed by atoms with Gasteiger partial charge in [0.25, 0.3) is 10.0 Å². The number of sulfonamides is 1. The highest BCUT2D eigenvalue weighted by Gasteiger charge is 2.29. The van der Waals surface area contributed by atoms with Gasteiger partial charge in [-0.2, -0.15) is 0 Å². The van der Waals surface area contributed by atoms with Gasteiger partial charge >= 0.3 is 0 Å². The summed E-state index contributed by atoms with van der Waals surface area (Å²) in [5.74, 6) is 1.03. The zero-order chi connectivity index (χ0) is 24.4. The average molecular weight is 485 g/mol. The molecule has 0 saturated heterocycles. The number of carbonyl (C=O) groups is 1. The zero-order valence-corrected chi connectivity index (χ0v) is 20.0. The van der Waals surface area contributed by atoms with Crippen LogP contribution in [0.15, 0.2) is 83.8 Å². The first-order chi connectivity index (χ1) is 16.5. The van der Waals surface area contributed by atoms with Crippen LogP contribution >= 0.6 is 0 Å². The Kier molecular flexibility index (Phi) is 8.75. The van der Waals surface area contributed by atoms with Gasteiger partial charge in [0, 0.05) is 0 Å². The lowest BCUT2D eigenvalue weighted by Crippen LogP contribution is -2.42. The molecule has 0 unspecified atom stereocenters. The first kappa shape index (κ1) is 24.9. The zero-order valence-electron chi connectivity index (χ0n) is 19.1. The third-order valence-corrected chi connectivity index (χ3v) is 6.58. The van der Waals surface area contributed by atoms with Crippen LogP contribution < -0.4 is 23.8 Å². The molecule has 0 saturated carbocycles. The molecule has 0 aliphatic heterocycles. The summed E-state index contributed by atoms with van der Waals surface area (Å²) in [6.45, 7) is 2.11. The Morgan fingerprint density at radius 2 is 1.47 bits per heavy atom. The normalized spacial score (nSPS) is 10.9. The van der Waals surface area contributed by atoms with Crippen LogP contribution in [0.2, 0.25) is 0 Å². The molecule has 0 atom stereocenters. The molecule has 1 amide bonds. The van der Waals surface area contributed by atoms with E-state index in [4.69, 9.17) is 14.2 Å². The van der Waals surface area contributed by atoms with Crippen molar-refractivity contribution < 1.29 is 27.4 Å². The fraction of sp³-hybridized carbons (Fsp3) is 0.240. The van der Waals surface area contributed by atoms with Crippen LogP contribution in [0.25, 0.3) is 0 Å². The molecule has 1 N–H and O–H groups in total. The Bertz CT molecular complexity index is 1180. The topological polar surface area (TPSA) is 94.2 Å². The fourth-order valence-electron chi connectivity index (χ4n) is 3.24. The molecule has 0 bridgehead atoms. The molecule has 0 spiro atoms. The van der Waals surface area contributed by atoms with E-state index < -0.39 is 22.5 Å². The van der Waals surface area contributed by atoms with E-state index in [0.717, 1.165) is 4.31 Å². The van der Waals surface area contributed by atoms with Crippen molar-refractivity contribution in [3.05, 3.63) is 78.9 Å². The molecule has 3 aromatic rings. The standard InChI is InChI=1S/C25H28N2O6S/c1-3-32-22-14-8-7-13-21(22)27(34(29,30)20-11-5-4-6-12-20)19-25(28)26-17-18-33-24-16-10-9-15-23(24)31-2/h4-16H,3,17-19H2,1-2H3,(H,26,28). The van der Waals surface area contributed by atoms with Gasteiger partial charge < -0.3 is 19.5 Å². The summed E-state index contributed by atoms with van der Waals surface area (Å²) in [5, 5.41) is 2.71. The minimum absolute atomic E-state index is 0.0774. The van der Waals surface area contributed by atoms with Gasteiger partial charge in [-0.05, 0) is 43.3 Å². The second-order valence-corrected chi connectivity index (χ2v) is 8.94. The molecule has 0 aliphatic rings. The molecule has 0 aliphatic carbocycles. The first-order valence-corrected chi connectivity index (χ1v) is 12.2. The molecule has 0 aromatic heterocycles. The van der Waals surface area contributed by atoms with E-state index in [-0.39, 0.29) is 23.7 Å². The van der Waals surface area contributed by atoms with Crippen LogP contribution in [0, 0.1) is 0 Å². The van der Waals surface area contributed by atoms with Crippen molar-refractivity contribution in [1.29, 1.82) is 0 Å². The van der Waals surface area contributed by atoms with Gasteiger partial charge in [-0.25, -0.2) is 8.42 Å².